The van der Waals surface area contributed by atoms with Gasteiger partial charge in [0.2, 0.25) is 5.91 Å². The van der Waals surface area contributed by atoms with E-state index < -0.39 is 10.8 Å². The lowest BCUT2D eigenvalue weighted by Gasteiger charge is -2.06. The molecule has 1 aromatic carbocycles. The second-order valence-corrected chi connectivity index (χ2v) is 8.17. The maximum Gasteiger partial charge on any atom is 0.229 e. The van der Waals surface area contributed by atoms with E-state index in [1.807, 2.05) is 0 Å². The van der Waals surface area contributed by atoms with Gasteiger partial charge in [0.15, 0.2) is 5.82 Å². The number of carbonyl (C=O) groups is 2. The number of Topliss-reactive ketones (excluding diaryl/α,β-unsaturated/α-hetero) is 1. The molecule has 1 heterocycles. The molecule has 9 heteroatoms. The fraction of sp³-hybridized carbons (Fsp3) is 0.368. The van der Waals surface area contributed by atoms with Crippen molar-refractivity contribution in [3.63, 3.8) is 0 Å². The molecule has 1 aliphatic rings. The van der Waals surface area contributed by atoms with Crippen LogP contribution in [0.3, 0.4) is 0 Å². The van der Waals surface area contributed by atoms with Gasteiger partial charge >= 0.3 is 0 Å². The zero-order chi connectivity index (χ0) is 20.5. The Morgan fingerprint density at radius 1 is 1.39 bits per heavy atom. The van der Waals surface area contributed by atoms with Crippen molar-refractivity contribution in [1.29, 1.82) is 0 Å². The van der Waals surface area contributed by atoms with Crippen LogP contribution in [0.15, 0.2) is 41.7 Å². The van der Waals surface area contributed by atoms with Crippen molar-refractivity contribution in [3.8, 4) is 0 Å². The first-order chi connectivity index (χ1) is 13.4. The zero-order valence-corrected chi connectivity index (χ0v) is 17.1. The highest BCUT2D eigenvalue weighted by atomic mass is 35.5. The maximum atomic E-state index is 11.8. The van der Waals surface area contributed by atoms with Crippen molar-refractivity contribution >= 4 is 39.9 Å². The van der Waals surface area contributed by atoms with Crippen molar-refractivity contribution in [2.45, 2.75) is 30.6 Å². The van der Waals surface area contributed by atoms with E-state index in [1.54, 1.807) is 24.5 Å². The van der Waals surface area contributed by atoms with Gasteiger partial charge < -0.3 is 11.1 Å². The van der Waals surface area contributed by atoms with Gasteiger partial charge in [0.25, 0.3) is 0 Å². The summed E-state index contributed by atoms with van der Waals surface area (Å²) in [5.74, 6) is 1.07. The number of nitrogens with one attached hydrogen (secondary N) is 1. The quantitative estimate of drug-likeness (QED) is 0.764. The van der Waals surface area contributed by atoms with Crippen LogP contribution in [0.25, 0.3) is 0 Å². The van der Waals surface area contributed by atoms with Crippen molar-refractivity contribution in [2.24, 2.45) is 11.7 Å². The molecule has 1 saturated carbocycles. The zero-order valence-electron chi connectivity index (χ0n) is 15.6. The maximum absolute atomic E-state index is 11.8. The summed E-state index contributed by atoms with van der Waals surface area (Å²) in [6.45, 7) is 0.686. The van der Waals surface area contributed by atoms with Gasteiger partial charge in [-0.15, -0.1) is 0 Å². The number of rotatable bonds is 5. The van der Waals surface area contributed by atoms with Gasteiger partial charge in [0, 0.05) is 31.5 Å². The van der Waals surface area contributed by atoms with Crippen molar-refractivity contribution in [2.75, 3.05) is 18.1 Å². The number of benzene rings is 1. The molecule has 2 atom stereocenters. The average molecular weight is 423 g/mol. The highest BCUT2D eigenvalue weighted by Gasteiger charge is 2.19. The normalized spacial score (nSPS) is 16.8. The molecule has 3 N–H and O–H groups in total. The number of aromatic nitrogens is 2. The van der Waals surface area contributed by atoms with Crippen LogP contribution >= 0.6 is 11.6 Å². The molecule has 3 rings (SSSR count). The lowest BCUT2D eigenvalue weighted by Crippen LogP contribution is -2.15. The van der Waals surface area contributed by atoms with Crippen LogP contribution < -0.4 is 11.1 Å². The second kappa shape index (κ2) is 11.0. The third-order valence-electron chi connectivity index (χ3n) is 4.18. The summed E-state index contributed by atoms with van der Waals surface area (Å²) in [6.07, 6.45) is 8.73. The minimum atomic E-state index is -1.14. The fourth-order valence-electron chi connectivity index (χ4n) is 2.72. The van der Waals surface area contributed by atoms with E-state index in [0.29, 0.717) is 34.0 Å². The minimum absolute atomic E-state index is 0.160. The van der Waals surface area contributed by atoms with Crippen molar-refractivity contribution in [3.05, 3.63) is 47.4 Å². The topological polar surface area (TPSA) is 115 Å². The van der Waals surface area contributed by atoms with Crippen LogP contribution in [0.1, 0.15) is 24.8 Å². The molecule has 0 spiro atoms. The molecular formula is C19H23ClN4O3S. The summed E-state index contributed by atoms with van der Waals surface area (Å²) >= 11 is 6.02. The van der Waals surface area contributed by atoms with E-state index in [4.69, 9.17) is 17.3 Å². The number of ketones is 1. The van der Waals surface area contributed by atoms with Gasteiger partial charge in [-0.1, -0.05) is 17.7 Å². The number of hydrogen-bond acceptors (Lipinski definition) is 6. The van der Waals surface area contributed by atoms with E-state index in [1.165, 1.54) is 18.6 Å². The first kappa shape index (κ1) is 22.1. The van der Waals surface area contributed by atoms with Gasteiger partial charge in [0.1, 0.15) is 5.78 Å². The predicted molar refractivity (Wildman–Crippen MR) is 110 cm³/mol. The van der Waals surface area contributed by atoms with E-state index in [0.717, 1.165) is 24.8 Å². The summed E-state index contributed by atoms with van der Waals surface area (Å²) in [7, 11) is -1.14. The van der Waals surface area contributed by atoms with E-state index >= 15 is 0 Å². The molecule has 1 fully saturated rings. The molecule has 1 aliphatic carbocycles. The predicted octanol–water partition coefficient (Wildman–Crippen LogP) is 2.36. The number of hydrogen-bond donors (Lipinski definition) is 2. The number of anilines is 1. The highest BCUT2D eigenvalue weighted by Crippen LogP contribution is 2.21. The van der Waals surface area contributed by atoms with Gasteiger partial charge in [-0.2, -0.15) is 0 Å². The van der Waals surface area contributed by atoms with Gasteiger partial charge in [-0.3, -0.25) is 18.8 Å². The first-order valence-electron chi connectivity index (χ1n) is 8.78. The monoisotopic (exact) mass is 422 g/mol. The molecule has 1 aromatic heterocycles. The third kappa shape index (κ3) is 7.10. The summed E-state index contributed by atoms with van der Waals surface area (Å²) in [5, 5.41) is 3.03. The minimum Gasteiger partial charge on any atom is -0.330 e. The smallest absolute Gasteiger partial charge is 0.229 e. The Morgan fingerprint density at radius 3 is 2.68 bits per heavy atom. The molecular weight excluding hydrogens is 400 g/mol. The molecule has 1 amide bonds. The van der Waals surface area contributed by atoms with E-state index in [-0.39, 0.29) is 12.3 Å². The Labute approximate surface area is 171 Å². The van der Waals surface area contributed by atoms with E-state index in [9.17, 15) is 13.8 Å². The van der Waals surface area contributed by atoms with Crippen LogP contribution in [0, 0.1) is 5.92 Å². The van der Waals surface area contributed by atoms with Crippen molar-refractivity contribution < 1.29 is 13.8 Å². The lowest BCUT2D eigenvalue weighted by atomic mass is 10.1. The van der Waals surface area contributed by atoms with Gasteiger partial charge in [-0.05, 0) is 36.6 Å². The van der Waals surface area contributed by atoms with Gasteiger partial charge in [0.05, 0.1) is 33.3 Å². The Kier molecular flexibility index (Phi) is 8.69. The Balaban J connectivity index is 0.000000292. The van der Waals surface area contributed by atoms with Crippen LogP contribution in [-0.4, -0.2) is 38.7 Å². The second-order valence-electron chi connectivity index (χ2n) is 6.42. The molecule has 0 bridgehead atoms. The first-order valence-corrected chi connectivity index (χ1v) is 10.7. The molecule has 150 valence electrons. The van der Waals surface area contributed by atoms with Crippen LogP contribution in [0.5, 0.6) is 0 Å². The fourth-order valence-corrected chi connectivity index (χ4v) is 3.84. The molecule has 2 aromatic rings. The SMILES string of the molecule is CS(=O)c1ccc(CC(=O)Nc2cnccn2)cc1Cl.NCC1CCC(=O)C1. The number of carbonyl (C=O) groups excluding carboxylic acids is 2. The van der Waals surface area contributed by atoms with Crippen LogP contribution in [-0.2, 0) is 26.8 Å². The standard InChI is InChI=1S/C13H12ClN3O2S.C6H11NO/c1-20(19)11-3-2-9(6-10(11)14)7-13(18)17-12-8-15-4-5-16-12;7-4-5-1-2-6(8)3-5/h2-6,8H,7H2,1H3,(H,16,17,18);5H,1-4,7H2. The summed E-state index contributed by atoms with van der Waals surface area (Å²) in [5.41, 5.74) is 6.09. The molecule has 7 nitrogen and oxygen atoms in total. The molecule has 0 radical (unpaired) electrons. The summed E-state index contributed by atoms with van der Waals surface area (Å²) in [4.78, 5) is 30.8. The van der Waals surface area contributed by atoms with Gasteiger partial charge in [-0.25, -0.2) is 4.98 Å². The number of nitrogens with zero attached hydrogens (tertiary/aromatic N) is 2. The molecule has 0 aliphatic heterocycles. The molecule has 2 unspecified atom stereocenters. The number of amides is 1. The van der Waals surface area contributed by atoms with Crippen LogP contribution in [0.2, 0.25) is 5.02 Å². The largest absolute Gasteiger partial charge is 0.330 e. The lowest BCUT2D eigenvalue weighted by molar-refractivity contribution is -0.117. The van der Waals surface area contributed by atoms with E-state index in [2.05, 4.69) is 15.3 Å². The Bertz CT molecular complexity index is 848. The third-order valence-corrected chi connectivity index (χ3v) is 5.58. The molecule has 28 heavy (non-hydrogen) atoms. The number of nitrogens with two attached hydrogens (primary N) is 1. The van der Waals surface area contributed by atoms with Crippen LogP contribution in [0.4, 0.5) is 5.82 Å². The summed E-state index contributed by atoms with van der Waals surface area (Å²) < 4.78 is 11.4. The average Bonchev–Trinajstić information content (AvgIpc) is 3.08. The summed E-state index contributed by atoms with van der Waals surface area (Å²) in [6, 6.07) is 5.05. The number of halogens is 1. The van der Waals surface area contributed by atoms with Crippen molar-refractivity contribution in [1.82, 2.24) is 9.97 Å². The highest BCUT2D eigenvalue weighted by molar-refractivity contribution is 7.84. The Hall–Kier alpha value is -2.16. The Morgan fingerprint density at radius 2 is 2.18 bits per heavy atom. The molecule has 0 saturated heterocycles.